The van der Waals surface area contributed by atoms with Gasteiger partial charge in [-0.15, -0.1) is 0 Å². The first-order valence-corrected chi connectivity index (χ1v) is 8.47. The topological polar surface area (TPSA) is 40.7 Å². The Morgan fingerprint density at radius 1 is 1.09 bits per heavy atom. The fourth-order valence-corrected chi connectivity index (χ4v) is 3.55. The number of likely N-dealkylation sites (tertiary alicyclic amines) is 1. The van der Waals surface area contributed by atoms with Gasteiger partial charge in [0.25, 0.3) is 0 Å². The lowest BCUT2D eigenvalue weighted by molar-refractivity contribution is 0.130. The largest absolute Gasteiger partial charge is 0.381 e. The van der Waals surface area contributed by atoms with Crippen LogP contribution in [0.5, 0.6) is 0 Å². The van der Waals surface area contributed by atoms with E-state index in [9.17, 15) is 0 Å². The zero-order chi connectivity index (χ0) is 15.5. The van der Waals surface area contributed by atoms with Gasteiger partial charge in [-0.1, -0.05) is 30.3 Å². The summed E-state index contributed by atoms with van der Waals surface area (Å²) in [5, 5.41) is 3.60. The predicted molar refractivity (Wildman–Crippen MR) is 91.4 cm³/mol. The third-order valence-electron chi connectivity index (χ3n) is 4.81. The first kappa shape index (κ1) is 14.7. The number of pyridine rings is 1. The predicted octanol–water partition coefficient (Wildman–Crippen LogP) is 3.10. The van der Waals surface area contributed by atoms with Gasteiger partial charge in [-0.05, 0) is 30.5 Å². The van der Waals surface area contributed by atoms with E-state index in [-0.39, 0.29) is 0 Å². The van der Waals surface area contributed by atoms with Crippen molar-refractivity contribution in [3.8, 4) is 0 Å². The number of rotatable bonds is 5. The molecule has 1 aromatic carbocycles. The maximum absolute atomic E-state index is 5.64. The molecule has 0 radical (unpaired) electrons. The van der Waals surface area contributed by atoms with Crippen LogP contribution < -0.4 is 5.32 Å². The van der Waals surface area contributed by atoms with E-state index in [1.165, 1.54) is 5.56 Å². The fourth-order valence-electron chi connectivity index (χ4n) is 3.55. The molecule has 4 rings (SSSR count). The monoisotopic (exact) mass is 309 g/mol. The first-order chi connectivity index (χ1) is 11.4. The van der Waals surface area contributed by atoms with Gasteiger partial charge in [0.2, 0.25) is 0 Å². The van der Waals surface area contributed by atoms with Crippen molar-refractivity contribution in [3.63, 3.8) is 0 Å². The van der Waals surface area contributed by atoms with Crippen molar-refractivity contribution >= 4 is 5.69 Å². The number of aromatic nitrogens is 1. The lowest BCUT2D eigenvalue weighted by Gasteiger charge is -2.37. The summed E-state index contributed by atoms with van der Waals surface area (Å²) in [4.78, 5) is 6.77. The molecule has 4 heteroatoms. The summed E-state index contributed by atoms with van der Waals surface area (Å²) in [6, 6.07) is 15.8. The van der Waals surface area contributed by atoms with Gasteiger partial charge in [-0.25, -0.2) is 0 Å². The zero-order valence-corrected chi connectivity index (χ0v) is 13.3. The van der Waals surface area contributed by atoms with Gasteiger partial charge >= 0.3 is 0 Å². The van der Waals surface area contributed by atoms with Gasteiger partial charge in [-0.2, -0.15) is 0 Å². The minimum Gasteiger partial charge on any atom is -0.381 e. The maximum Gasteiger partial charge on any atom is 0.101 e. The van der Waals surface area contributed by atoms with Crippen LogP contribution >= 0.6 is 0 Å². The molecule has 1 N–H and O–H groups in total. The van der Waals surface area contributed by atoms with E-state index in [1.807, 2.05) is 18.5 Å². The van der Waals surface area contributed by atoms with Crippen molar-refractivity contribution in [3.05, 3.63) is 60.4 Å². The van der Waals surface area contributed by atoms with Crippen molar-refractivity contribution in [2.75, 3.05) is 25.0 Å². The summed E-state index contributed by atoms with van der Waals surface area (Å²) < 4.78 is 5.64. The van der Waals surface area contributed by atoms with E-state index in [2.05, 4.69) is 51.6 Å². The summed E-state index contributed by atoms with van der Waals surface area (Å²) in [7, 11) is 0. The quantitative estimate of drug-likeness (QED) is 0.862. The highest BCUT2D eigenvalue weighted by molar-refractivity contribution is 5.40. The molecular weight excluding hydrogens is 286 g/mol. The molecule has 0 bridgehead atoms. The first-order valence-electron chi connectivity index (χ1n) is 8.47. The molecule has 2 aliphatic heterocycles. The molecular formula is C19H23N3O. The molecule has 2 unspecified atom stereocenters. The van der Waals surface area contributed by atoms with Gasteiger partial charge in [0, 0.05) is 31.5 Å². The van der Waals surface area contributed by atoms with Crippen molar-refractivity contribution < 1.29 is 4.74 Å². The second-order valence-electron chi connectivity index (χ2n) is 6.42. The molecule has 2 atom stereocenters. The molecule has 0 amide bonds. The van der Waals surface area contributed by atoms with Crippen molar-refractivity contribution in [1.82, 2.24) is 9.88 Å². The van der Waals surface area contributed by atoms with Crippen molar-refractivity contribution in [2.45, 2.75) is 31.0 Å². The summed E-state index contributed by atoms with van der Waals surface area (Å²) in [6.07, 6.45) is 6.40. The van der Waals surface area contributed by atoms with Crippen molar-refractivity contribution in [2.24, 2.45) is 0 Å². The second-order valence-corrected chi connectivity index (χ2v) is 6.42. The highest BCUT2D eigenvalue weighted by Gasteiger charge is 2.39. The number of piperidine rings is 1. The van der Waals surface area contributed by atoms with Crippen LogP contribution in [-0.2, 0) is 4.74 Å². The normalized spacial score (nSPS) is 23.4. The smallest absolute Gasteiger partial charge is 0.101 e. The number of anilines is 1. The number of benzene rings is 1. The molecule has 1 aromatic heterocycles. The molecule has 120 valence electrons. The second kappa shape index (κ2) is 6.69. The minimum absolute atomic E-state index is 0.375. The van der Waals surface area contributed by atoms with E-state index >= 15 is 0 Å². The van der Waals surface area contributed by atoms with Crippen LogP contribution in [0, 0.1) is 0 Å². The van der Waals surface area contributed by atoms with Crippen LogP contribution in [-0.4, -0.2) is 41.7 Å². The minimum atomic E-state index is 0.375. The van der Waals surface area contributed by atoms with Crippen LogP contribution in [0.15, 0.2) is 54.9 Å². The number of hydrogen-bond acceptors (Lipinski definition) is 4. The SMILES string of the molecule is c1ccc(C(C2CO2)N2CCC(Nc3cccnc3)CC2)cc1. The third kappa shape index (κ3) is 3.54. The number of nitrogens with one attached hydrogen (secondary N) is 1. The lowest BCUT2D eigenvalue weighted by Crippen LogP contribution is -2.42. The molecule has 2 saturated heterocycles. The average molecular weight is 309 g/mol. The molecule has 4 nitrogen and oxygen atoms in total. The Hall–Kier alpha value is -1.91. The average Bonchev–Trinajstić information content (AvgIpc) is 3.44. The summed E-state index contributed by atoms with van der Waals surface area (Å²) in [6.45, 7) is 3.11. The van der Waals surface area contributed by atoms with E-state index in [1.54, 1.807) is 0 Å². The van der Waals surface area contributed by atoms with Crippen molar-refractivity contribution in [1.29, 1.82) is 0 Å². The number of epoxide rings is 1. The fraction of sp³-hybridized carbons (Fsp3) is 0.421. The Labute approximate surface area is 137 Å². The molecule has 0 aliphatic carbocycles. The van der Waals surface area contributed by atoms with Gasteiger partial charge in [-0.3, -0.25) is 9.88 Å². The van der Waals surface area contributed by atoms with Gasteiger partial charge in [0.15, 0.2) is 0 Å². The third-order valence-corrected chi connectivity index (χ3v) is 4.81. The molecule has 0 spiro atoms. The molecule has 2 fully saturated rings. The van der Waals surface area contributed by atoms with Gasteiger partial charge in [0.1, 0.15) is 6.10 Å². The van der Waals surface area contributed by atoms with E-state index in [0.717, 1.165) is 38.2 Å². The van der Waals surface area contributed by atoms with Crippen LogP contribution in [0.2, 0.25) is 0 Å². The van der Waals surface area contributed by atoms with E-state index in [4.69, 9.17) is 4.74 Å². The molecule has 2 aliphatic rings. The van der Waals surface area contributed by atoms with Crippen LogP contribution in [0.4, 0.5) is 5.69 Å². The van der Waals surface area contributed by atoms with E-state index < -0.39 is 0 Å². The zero-order valence-electron chi connectivity index (χ0n) is 13.3. The van der Waals surface area contributed by atoms with Crippen LogP contribution in [0.25, 0.3) is 0 Å². The Balaban J connectivity index is 1.38. The number of nitrogens with zero attached hydrogens (tertiary/aromatic N) is 2. The Morgan fingerprint density at radius 2 is 1.87 bits per heavy atom. The molecule has 2 aromatic rings. The summed E-state index contributed by atoms with van der Waals surface area (Å²) in [5.41, 5.74) is 2.50. The molecule has 0 saturated carbocycles. The molecule has 3 heterocycles. The summed E-state index contributed by atoms with van der Waals surface area (Å²) in [5.74, 6) is 0. The van der Waals surface area contributed by atoms with Crippen LogP contribution in [0.3, 0.4) is 0 Å². The Morgan fingerprint density at radius 3 is 2.52 bits per heavy atom. The highest BCUT2D eigenvalue weighted by Crippen LogP contribution is 2.35. The van der Waals surface area contributed by atoms with Gasteiger partial charge < -0.3 is 10.1 Å². The Kier molecular flexibility index (Phi) is 4.26. The lowest BCUT2D eigenvalue weighted by atomic mass is 9.97. The maximum atomic E-state index is 5.64. The number of ether oxygens (including phenoxy) is 1. The van der Waals surface area contributed by atoms with Gasteiger partial charge in [0.05, 0.1) is 18.3 Å². The van der Waals surface area contributed by atoms with E-state index in [0.29, 0.717) is 18.2 Å². The Bertz CT molecular complexity index is 607. The summed E-state index contributed by atoms with van der Waals surface area (Å²) >= 11 is 0. The standard InChI is InChI=1S/C19H23N3O/c1-2-5-15(6-3-1)19(18-14-23-18)22-11-8-16(9-12-22)21-17-7-4-10-20-13-17/h1-7,10,13,16,18-19,21H,8-9,11-12,14H2. The molecule has 23 heavy (non-hydrogen) atoms. The highest BCUT2D eigenvalue weighted by atomic mass is 16.6. The van der Waals surface area contributed by atoms with Crippen LogP contribution in [0.1, 0.15) is 24.4 Å². The number of hydrogen-bond donors (Lipinski definition) is 1.